The number of allylic oxidation sites excluding steroid dienone is 1. The van der Waals surface area contributed by atoms with Gasteiger partial charge < -0.3 is 27.6 Å². The monoisotopic (exact) mass is 395 g/mol. The normalized spacial score (nSPS) is 8.60. The zero-order chi connectivity index (χ0) is 19.7. The van der Waals surface area contributed by atoms with Crippen molar-refractivity contribution in [3.8, 4) is 5.75 Å². The Bertz CT molecular complexity index is 558. The maximum atomic E-state index is 11.7. The fraction of sp³-hybridized carbons (Fsp3) is 0.294. The van der Waals surface area contributed by atoms with Crippen LogP contribution in [0.3, 0.4) is 0 Å². The van der Waals surface area contributed by atoms with E-state index in [-0.39, 0.29) is 30.8 Å². The SMILES string of the molecule is C=[C-]C.[CH2-]CCOC(=O)c1ccccc1OC(=O)CCC(=O)O.[O]=[Co]. The third-order valence-corrected chi connectivity index (χ3v) is 2.25. The Balaban J connectivity index is 0. The van der Waals surface area contributed by atoms with E-state index in [1.54, 1.807) is 19.1 Å². The third kappa shape index (κ3) is 12.7. The van der Waals surface area contributed by atoms with Crippen molar-refractivity contribution < 1.29 is 48.5 Å². The standard InChI is InChI=1S/C14H15O6.C3H5.Co.O/c1-2-9-19-14(18)10-5-3-4-6-11(10)20-13(17)8-7-12(15)16;1-3-2;;/h3-6H,1-2,7-9H2,(H,15,16);1H2,2H3;;/q2*-1;;. The van der Waals surface area contributed by atoms with Crippen LogP contribution in [0.4, 0.5) is 0 Å². The molecule has 0 atom stereocenters. The van der Waals surface area contributed by atoms with Crippen molar-refractivity contribution in [2.45, 2.75) is 26.2 Å². The quantitative estimate of drug-likeness (QED) is 0.430. The Morgan fingerprint density at radius 3 is 2.32 bits per heavy atom. The van der Waals surface area contributed by atoms with Gasteiger partial charge in [-0.25, -0.2) is 4.79 Å². The number of esters is 2. The van der Waals surface area contributed by atoms with E-state index in [1.807, 2.05) is 0 Å². The maximum absolute atomic E-state index is 11.7. The average molecular weight is 395 g/mol. The van der Waals surface area contributed by atoms with Crippen LogP contribution in [-0.4, -0.2) is 29.6 Å². The molecule has 0 aliphatic carbocycles. The van der Waals surface area contributed by atoms with Gasteiger partial charge in [0.25, 0.3) is 0 Å². The molecular weight excluding hydrogens is 375 g/mol. The first-order chi connectivity index (χ1) is 12.0. The van der Waals surface area contributed by atoms with Crippen LogP contribution in [-0.2, 0) is 33.9 Å². The average Bonchev–Trinajstić information content (AvgIpc) is 2.61. The molecule has 0 unspecified atom stereocenters. The van der Waals surface area contributed by atoms with E-state index in [1.165, 1.54) is 12.1 Å². The van der Waals surface area contributed by atoms with Gasteiger partial charge in [0.2, 0.25) is 0 Å². The van der Waals surface area contributed by atoms with Crippen molar-refractivity contribution in [2.24, 2.45) is 0 Å². The van der Waals surface area contributed by atoms with Crippen LogP contribution in [0.2, 0.25) is 0 Å². The molecule has 0 amide bonds. The number of carbonyl (C=O) groups is 3. The number of aliphatic carboxylic acids is 1. The molecule has 25 heavy (non-hydrogen) atoms. The molecular formula is C17H20CoO7-2. The molecule has 7 nitrogen and oxygen atoms in total. The molecule has 0 fully saturated rings. The summed E-state index contributed by atoms with van der Waals surface area (Å²) in [6, 6.07) is 6.11. The fourth-order valence-corrected chi connectivity index (χ4v) is 1.35. The zero-order valence-electron chi connectivity index (χ0n) is 13.8. The summed E-state index contributed by atoms with van der Waals surface area (Å²) in [7, 11) is 0. The third-order valence-electron chi connectivity index (χ3n) is 2.25. The number of ether oxygens (including phenoxy) is 2. The first kappa shape index (κ1) is 24.9. The number of carboxylic acid groups (broad SMARTS) is 1. The van der Waals surface area contributed by atoms with Crippen LogP contribution in [0.1, 0.15) is 36.5 Å². The van der Waals surface area contributed by atoms with E-state index in [0.717, 1.165) is 0 Å². The summed E-state index contributed by atoms with van der Waals surface area (Å²) in [5.74, 6) is -2.37. The van der Waals surface area contributed by atoms with Gasteiger partial charge in [-0.1, -0.05) is 12.1 Å². The summed E-state index contributed by atoms with van der Waals surface area (Å²) >= 11 is 2.31. The van der Waals surface area contributed by atoms with Crippen molar-refractivity contribution in [3.63, 3.8) is 0 Å². The van der Waals surface area contributed by atoms with E-state index in [2.05, 4.69) is 35.2 Å². The molecule has 141 valence electrons. The molecule has 0 heterocycles. The number of hydrogen-bond acceptors (Lipinski definition) is 6. The molecule has 0 aliphatic rings. The van der Waals surface area contributed by atoms with Crippen molar-refractivity contribution in [1.29, 1.82) is 0 Å². The molecule has 0 radical (unpaired) electrons. The second-order valence-electron chi connectivity index (χ2n) is 4.21. The minimum absolute atomic E-state index is 0.0527. The van der Waals surface area contributed by atoms with E-state index < -0.39 is 17.9 Å². The number of para-hydroxylation sites is 1. The number of carboxylic acids is 1. The predicted molar refractivity (Wildman–Crippen MR) is 84.4 cm³/mol. The van der Waals surface area contributed by atoms with Crippen LogP contribution >= 0.6 is 0 Å². The fourth-order valence-electron chi connectivity index (χ4n) is 1.35. The number of carbonyl (C=O) groups excluding carboxylic acids is 2. The van der Waals surface area contributed by atoms with Gasteiger partial charge in [0.1, 0.15) is 11.3 Å². The van der Waals surface area contributed by atoms with Gasteiger partial charge in [-0.15, -0.1) is 6.42 Å². The molecule has 1 N–H and O–H groups in total. The summed E-state index contributed by atoms with van der Waals surface area (Å²) in [5, 5.41) is 8.48. The molecule has 0 aromatic heterocycles. The van der Waals surface area contributed by atoms with Crippen molar-refractivity contribution in [2.75, 3.05) is 6.61 Å². The van der Waals surface area contributed by atoms with Gasteiger partial charge in [-0.2, -0.15) is 6.92 Å². The molecule has 0 spiro atoms. The van der Waals surface area contributed by atoms with Crippen molar-refractivity contribution >= 4 is 17.9 Å². The summed E-state index contributed by atoms with van der Waals surface area (Å²) < 4.78 is 17.8. The minimum atomic E-state index is -1.09. The van der Waals surface area contributed by atoms with Gasteiger partial charge in [-0.05, 0) is 12.1 Å². The second kappa shape index (κ2) is 16.5. The first-order valence-corrected chi connectivity index (χ1v) is 7.44. The van der Waals surface area contributed by atoms with Gasteiger partial charge in [0, 0.05) is 0 Å². The molecule has 0 bridgehead atoms. The number of hydrogen-bond donors (Lipinski definition) is 1. The first-order valence-electron chi connectivity index (χ1n) is 7.01. The molecule has 1 rings (SSSR count). The molecule has 1 aromatic rings. The number of rotatable bonds is 7. The zero-order valence-corrected chi connectivity index (χ0v) is 14.8. The van der Waals surface area contributed by atoms with E-state index in [9.17, 15) is 14.4 Å². The van der Waals surface area contributed by atoms with E-state index >= 15 is 0 Å². The summed E-state index contributed by atoms with van der Waals surface area (Å²) in [5.41, 5.74) is 0.115. The van der Waals surface area contributed by atoms with Crippen molar-refractivity contribution in [1.82, 2.24) is 0 Å². The number of benzene rings is 1. The van der Waals surface area contributed by atoms with E-state index in [4.69, 9.17) is 18.4 Å². The van der Waals surface area contributed by atoms with Crippen molar-refractivity contribution in [3.05, 3.63) is 49.4 Å². The Labute approximate surface area is 154 Å². The van der Waals surface area contributed by atoms with E-state index in [0.29, 0.717) is 6.42 Å². The van der Waals surface area contributed by atoms with Crippen LogP contribution in [0.25, 0.3) is 0 Å². The molecule has 0 aliphatic heterocycles. The van der Waals surface area contributed by atoms with Crippen LogP contribution in [0.15, 0.2) is 30.8 Å². The molecule has 8 heteroatoms. The van der Waals surface area contributed by atoms with Crippen LogP contribution in [0, 0.1) is 13.0 Å². The van der Waals surface area contributed by atoms with Gasteiger partial charge in [0.15, 0.2) is 0 Å². The summed E-state index contributed by atoms with van der Waals surface area (Å²) in [6.45, 7) is 8.71. The second-order valence-corrected chi connectivity index (χ2v) is 4.21. The van der Waals surface area contributed by atoms with Crippen LogP contribution < -0.4 is 4.74 Å². The Kier molecular flexibility index (Phi) is 16.5. The summed E-state index contributed by atoms with van der Waals surface area (Å²) in [4.78, 5) is 33.6. The molecule has 1 aromatic carbocycles. The topological polar surface area (TPSA) is 107 Å². The Morgan fingerprint density at radius 2 is 1.80 bits per heavy atom. The Hall–Kier alpha value is -2.32. The van der Waals surface area contributed by atoms with Crippen LogP contribution in [0.5, 0.6) is 5.75 Å². The predicted octanol–water partition coefficient (Wildman–Crippen LogP) is 2.71. The van der Waals surface area contributed by atoms with Gasteiger partial charge in [-0.3, -0.25) is 16.2 Å². The summed E-state index contributed by atoms with van der Waals surface area (Å²) in [6.07, 6.45) is 2.34. The van der Waals surface area contributed by atoms with Gasteiger partial charge in [0.05, 0.1) is 19.4 Å². The Morgan fingerprint density at radius 1 is 1.24 bits per heavy atom. The van der Waals surface area contributed by atoms with Gasteiger partial charge >= 0.3 is 37.4 Å². The molecule has 0 saturated carbocycles. The molecule has 0 saturated heterocycles.